The van der Waals surface area contributed by atoms with Crippen LogP contribution in [0.4, 0.5) is 0 Å². The summed E-state index contributed by atoms with van der Waals surface area (Å²) in [5, 5.41) is 10.8. The van der Waals surface area contributed by atoms with E-state index >= 15 is 0 Å². The first-order valence-electron chi connectivity index (χ1n) is 6.64. The van der Waals surface area contributed by atoms with Gasteiger partial charge in [-0.2, -0.15) is 0 Å². The Morgan fingerprint density at radius 1 is 1.25 bits per heavy atom. The Morgan fingerprint density at radius 3 is 2.35 bits per heavy atom. The van der Waals surface area contributed by atoms with E-state index in [4.69, 9.17) is 5.11 Å². The summed E-state index contributed by atoms with van der Waals surface area (Å²) in [6.45, 7) is 4.79. The van der Waals surface area contributed by atoms with Gasteiger partial charge in [0.05, 0.1) is 6.54 Å². The highest BCUT2D eigenvalue weighted by Crippen LogP contribution is 2.15. The van der Waals surface area contributed by atoms with E-state index in [2.05, 4.69) is 43.4 Å². The minimum Gasteiger partial charge on any atom is -0.480 e. The van der Waals surface area contributed by atoms with E-state index < -0.39 is 5.97 Å². The maximum atomic E-state index is 11.5. The number of benzene rings is 1. The summed E-state index contributed by atoms with van der Waals surface area (Å²) in [4.78, 5) is 23.7. The Kier molecular flexibility index (Phi) is 6.18. The van der Waals surface area contributed by atoms with Crippen molar-refractivity contribution in [1.29, 1.82) is 0 Å². The van der Waals surface area contributed by atoms with E-state index in [1.165, 1.54) is 5.56 Å². The Balaban J connectivity index is 2.43. The van der Waals surface area contributed by atoms with Gasteiger partial charge >= 0.3 is 5.97 Å². The molecule has 0 aromatic heterocycles. The molecule has 1 aromatic carbocycles. The van der Waals surface area contributed by atoms with Gasteiger partial charge in [-0.05, 0) is 24.1 Å². The van der Waals surface area contributed by atoms with Gasteiger partial charge in [0.1, 0.15) is 6.54 Å². The Labute approximate surface area is 119 Å². The number of likely N-dealkylation sites (N-methyl/N-ethyl adjacent to an activating group) is 1. The number of carbonyl (C=O) groups is 2. The average Bonchev–Trinajstić information content (AvgIpc) is 2.36. The van der Waals surface area contributed by atoms with Crippen molar-refractivity contribution in [3.8, 4) is 0 Å². The summed E-state index contributed by atoms with van der Waals surface area (Å²) in [7, 11) is 1.83. The summed E-state index contributed by atoms with van der Waals surface area (Å²) in [6.07, 6.45) is 0. The second-order valence-electron chi connectivity index (χ2n) is 5.24. The first-order chi connectivity index (χ1) is 9.38. The maximum absolute atomic E-state index is 11.5. The van der Waals surface area contributed by atoms with Gasteiger partial charge in [0, 0.05) is 6.54 Å². The van der Waals surface area contributed by atoms with Crippen LogP contribution in [0.2, 0.25) is 0 Å². The molecule has 0 heterocycles. The molecule has 0 bridgehead atoms. The fourth-order valence-corrected chi connectivity index (χ4v) is 1.85. The second kappa shape index (κ2) is 7.65. The normalized spacial score (nSPS) is 10.8. The van der Waals surface area contributed by atoms with Crippen LogP contribution in [0, 0.1) is 0 Å². The fraction of sp³-hybridized carbons (Fsp3) is 0.467. The number of hydrogen-bond donors (Lipinski definition) is 2. The third-order valence-electron chi connectivity index (χ3n) is 2.95. The van der Waals surface area contributed by atoms with Crippen LogP contribution in [0.15, 0.2) is 24.3 Å². The van der Waals surface area contributed by atoms with Crippen molar-refractivity contribution < 1.29 is 14.7 Å². The van der Waals surface area contributed by atoms with E-state index in [9.17, 15) is 9.59 Å². The SMILES string of the molecule is CC(C)c1ccc(CN(C)CC(=O)NCC(=O)O)cc1. The quantitative estimate of drug-likeness (QED) is 0.792. The number of carboxylic acid groups (broad SMARTS) is 1. The molecule has 2 N–H and O–H groups in total. The van der Waals surface area contributed by atoms with E-state index in [0.29, 0.717) is 12.5 Å². The second-order valence-corrected chi connectivity index (χ2v) is 5.24. The topological polar surface area (TPSA) is 69.6 Å². The molecule has 0 saturated carbocycles. The molecule has 0 aliphatic heterocycles. The number of aliphatic carboxylic acids is 1. The number of amides is 1. The van der Waals surface area contributed by atoms with Crippen molar-refractivity contribution >= 4 is 11.9 Å². The lowest BCUT2D eigenvalue weighted by molar-refractivity contribution is -0.138. The standard InChI is InChI=1S/C15H22N2O3/c1-11(2)13-6-4-12(5-7-13)9-17(3)10-14(18)16-8-15(19)20/h4-7,11H,8-10H2,1-3H3,(H,16,18)(H,19,20). The van der Waals surface area contributed by atoms with Gasteiger partial charge in [-0.1, -0.05) is 38.1 Å². The summed E-state index contributed by atoms with van der Waals surface area (Å²) in [6, 6.07) is 8.30. The lowest BCUT2D eigenvalue weighted by Gasteiger charge is -2.16. The largest absolute Gasteiger partial charge is 0.480 e. The molecular weight excluding hydrogens is 256 g/mol. The summed E-state index contributed by atoms with van der Waals surface area (Å²) >= 11 is 0. The van der Waals surface area contributed by atoms with Gasteiger partial charge in [-0.3, -0.25) is 14.5 Å². The van der Waals surface area contributed by atoms with Crippen molar-refractivity contribution in [2.24, 2.45) is 0 Å². The van der Waals surface area contributed by atoms with Crippen molar-refractivity contribution in [3.63, 3.8) is 0 Å². The van der Waals surface area contributed by atoms with Gasteiger partial charge in [0.2, 0.25) is 5.91 Å². The monoisotopic (exact) mass is 278 g/mol. The highest BCUT2D eigenvalue weighted by molar-refractivity contribution is 5.82. The minimum absolute atomic E-state index is 0.180. The number of nitrogens with one attached hydrogen (secondary N) is 1. The van der Waals surface area contributed by atoms with Gasteiger partial charge in [0.15, 0.2) is 0 Å². The molecule has 110 valence electrons. The zero-order valence-corrected chi connectivity index (χ0v) is 12.2. The molecule has 1 aromatic rings. The number of carbonyl (C=O) groups excluding carboxylic acids is 1. The number of carboxylic acids is 1. The lowest BCUT2D eigenvalue weighted by atomic mass is 10.0. The van der Waals surface area contributed by atoms with Crippen LogP contribution in [-0.2, 0) is 16.1 Å². The molecule has 0 spiro atoms. The van der Waals surface area contributed by atoms with E-state index in [1.807, 2.05) is 11.9 Å². The van der Waals surface area contributed by atoms with E-state index in [1.54, 1.807) is 0 Å². The zero-order valence-electron chi connectivity index (χ0n) is 12.2. The molecule has 20 heavy (non-hydrogen) atoms. The minimum atomic E-state index is -1.04. The van der Waals surface area contributed by atoms with Crippen molar-refractivity contribution in [3.05, 3.63) is 35.4 Å². The third-order valence-corrected chi connectivity index (χ3v) is 2.95. The maximum Gasteiger partial charge on any atom is 0.322 e. The first-order valence-corrected chi connectivity index (χ1v) is 6.64. The Hall–Kier alpha value is -1.88. The molecular formula is C15H22N2O3. The number of rotatable bonds is 7. The van der Waals surface area contributed by atoms with E-state index in [0.717, 1.165) is 5.56 Å². The highest BCUT2D eigenvalue weighted by Gasteiger charge is 2.08. The molecule has 1 amide bonds. The van der Waals surface area contributed by atoms with Crippen LogP contribution in [-0.4, -0.2) is 42.0 Å². The van der Waals surface area contributed by atoms with Crippen LogP contribution in [0.25, 0.3) is 0 Å². The first kappa shape index (κ1) is 16.2. The third kappa shape index (κ3) is 5.84. The molecule has 1 rings (SSSR count). The molecule has 0 fully saturated rings. The fourth-order valence-electron chi connectivity index (χ4n) is 1.85. The Bertz CT molecular complexity index is 455. The predicted molar refractivity (Wildman–Crippen MR) is 77.5 cm³/mol. The molecule has 0 aliphatic rings. The van der Waals surface area contributed by atoms with Crippen LogP contribution in [0.1, 0.15) is 30.9 Å². The Morgan fingerprint density at radius 2 is 1.85 bits per heavy atom. The van der Waals surface area contributed by atoms with Gasteiger partial charge in [-0.15, -0.1) is 0 Å². The van der Waals surface area contributed by atoms with Crippen LogP contribution in [0.3, 0.4) is 0 Å². The van der Waals surface area contributed by atoms with E-state index in [-0.39, 0.29) is 19.0 Å². The van der Waals surface area contributed by atoms with Crippen molar-refractivity contribution in [1.82, 2.24) is 10.2 Å². The predicted octanol–water partition coefficient (Wildman–Crippen LogP) is 1.44. The van der Waals surface area contributed by atoms with Crippen molar-refractivity contribution in [2.45, 2.75) is 26.3 Å². The molecule has 0 saturated heterocycles. The molecule has 0 radical (unpaired) electrons. The van der Waals surface area contributed by atoms with Gasteiger partial charge in [-0.25, -0.2) is 0 Å². The average molecular weight is 278 g/mol. The molecule has 0 aliphatic carbocycles. The zero-order chi connectivity index (χ0) is 15.1. The number of nitrogens with zero attached hydrogens (tertiary/aromatic N) is 1. The van der Waals surface area contributed by atoms with Gasteiger partial charge < -0.3 is 10.4 Å². The van der Waals surface area contributed by atoms with Crippen LogP contribution >= 0.6 is 0 Å². The summed E-state index contributed by atoms with van der Waals surface area (Å²) in [5.74, 6) is -0.817. The van der Waals surface area contributed by atoms with Crippen LogP contribution in [0.5, 0.6) is 0 Å². The highest BCUT2D eigenvalue weighted by atomic mass is 16.4. The lowest BCUT2D eigenvalue weighted by Crippen LogP contribution is -2.37. The molecule has 0 atom stereocenters. The summed E-state index contributed by atoms with van der Waals surface area (Å²) < 4.78 is 0. The number of hydrogen-bond acceptors (Lipinski definition) is 3. The summed E-state index contributed by atoms with van der Waals surface area (Å²) in [5.41, 5.74) is 2.42. The van der Waals surface area contributed by atoms with Crippen molar-refractivity contribution in [2.75, 3.05) is 20.1 Å². The molecule has 0 unspecified atom stereocenters. The smallest absolute Gasteiger partial charge is 0.322 e. The van der Waals surface area contributed by atoms with Gasteiger partial charge in [0.25, 0.3) is 0 Å². The molecule has 5 nitrogen and oxygen atoms in total. The van der Waals surface area contributed by atoms with Crippen LogP contribution < -0.4 is 5.32 Å². The molecule has 5 heteroatoms.